The fourth-order valence-electron chi connectivity index (χ4n) is 5.31. The third-order valence-electron chi connectivity index (χ3n) is 6.96. The Kier molecular flexibility index (Phi) is 5.98. The average molecular weight is 411 g/mol. The highest BCUT2D eigenvalue weighted by Crippen LogP contribution is 2.52. The van der Waals surface area contributed by atoms with E-state index in [2.05, 4.69) is 64.6 Å². The van der Waals surface area contributed by atoms with Crippen molar-refractivity contribution < 1.29 is 9.53 Å². The summed E-state index contributed by atoms with van der Waals surface area (Å²) in [4.78, 5) is 14.7. The molecule has 6 nitrogen and oxygen atoms in total. The summed E-state index contributed by atoms with van der Waals surface area (Å²) in [5.74, 6) is 0.513. The van der Waals surface area contributed by atoms with E-state index in [1.54, 1.807) is 7.11 Å². The minimum atomic E-state index is -0.0774. The number of aromatic nitrogens is 2. The molecule has 1 saturated heterocycles. The Morgan fingerprint density at radius 2 is 2.07 bits per heavy atom. The minimum absolute atomic E-state index is 0.0350. The van der Waals surface area contributed by atoms with Gasteiger partial charge in [-0.05, 0) is 49.0 Å². The summed E-state index contributed by atoms with van der Waals surface area (Å²) in [6, 6.07) is 10.7. The van der Waals surface area contributed by atoms with E-state index >= 15 is 0 Å². The number of ether oxygens (including phenoxy) is 1. The molecule has 2 N–H and O–H groups in total. The number of carbonyl (C=O) groups is 1. The highest BCUT2D eigenvalue weighted by atomic mass is 16.5. The van der Waals surface area contributed by atoms with Crippen molar-refractivity contribution in [2.24, 2.45) is 0 Å². The highest BCUT2D eigenvalue weighted by molar-refractivity contribution is 5.76. The van der Waals surface area contributed by atoms with E-state index in [1.165, 1.54) is 16.8 Å². The third-order valence-corrected chi connectivity index (χ3v) is 6.96. The lowest BCUT2D eigenvalue weighted by atomic mass is 9.72. The van der Waals surface area contributed by atoms with Crippen LogP contribution in [0, 0.1) is 0 Å². The molecule has 30 heavy (non-hydrogen) atoms. The van der Waals surface area contributed by atoms with Gasteiger partial charge >= 0.3 is 0 Å². The van der Waals surface area contributed by atoms with Crippen LogP contribution < -0.4 is 5.32 Å². The van der Waals surface area contributed by atoms with Crippen LogP contribution in [0.25, 0.3) is 0 Å². The van der Waals surface area contributed by atoms with Gasteiger partial charge in [0.2, 0.25) is 5.91 Å². The zero-order valence-corrected chi connectivity index (χ0v) is 18.6. The number of nitrogens with zero attached hydrogens (tertiary/aromatic N) is 2. The van der Waals surface area contributed by atoms with Gasteiger partial charge in [0, 0.05) is 31.2 Å². The normalized spacial score (nSPS) is 23.1. The second-order valence-corrected chi connectivity index (χ2v) is 9.05. The van der Waals surface area contributed by atoms with Gasteiger partial charge in [-0.3, -0.25) is 14.8 Å². The lowest BCUT2D eigenvalue weighted by molar-refractivity contribution is -0.123. The van der Waals surface area contributed by atoms with Gasteiger partial charge in [0.05, 0.1) is 17.8 Å². The van der Waals surface area contributed by atoms with Gasteiger partial charge in [-0.15, -0.1) is 0 Å². The molecule has 2 heterocycles. The first kappa shape index (κ1) is 21.1. The summed E-state index contributed by atoms with van der Waals surface area (Å²) in [5, 5.41) is 10.9. The molecule has 1 aliphatic carbocycles. The topological polar surface area (TPSA) is 70.2 Å². The second kappa shape index (κ2) is 8.52. The van der Waals surface area contributed by atoms with E-state index in [1.807, 2.05) is 6.92 Å². The zero-order valence-electron chi connectivity index (χ0n) is 18.6. The maximum atomic E-state index is 12.2. The Labute approximate surface area is 179 Å². The highest BCUT2D eigenvalue weighted by Gasteiger charge is 2.53. The predicted octanol–water partition coefficient (Wildman–Crippen LogP) is 3.66. The number of benzene rings is 1. The second-order valence-electron chi connectivity index (χ2n) is 9.05. The quantitative estimate of drug-likeness (QED) is 0.762. The van der Waals surface area contributed by atoms with Gasteiger partial charge in [0.1, 0.15) is 0 Å². The van der Waals surface area contributed by atoms with Crippen LogP contribution in [-0.2, 0) is 21.5 Å². The van der Waals surface area contributed by atoms with Crippen molar-refractivity contribution in [3.05, 3.63) is 52.8 Å². The van der Waals surface area contributed by atoms with E-state index in [0.29, 0.717) is 12.3 Å². The molecule has 1 aliphatic heterocycles. The number of carbonyl (C=O) groups excluding carboxylic acids is 1. The van der Waals surface area contributed by atoms with Gasteiger partial charge in [-0.1, -0.05) is 45.0 Å². The van der Waals surface area contributed by atoms with Crippen molar-refractivity contribution in [2.75, 3.05) is 20.2 Å². The first-order valence-electron chi connectivity index (χ1n) is 11.2. The number of rotatable bonds is 6. The number of amides is 1. The van der Waals surface area contributed by atoms with Crippen LogP contribution in [0.15, 0.2) is 30.3 Å². The number of aromatic amines is 1. The van der Waals surface area contributed by atoms with E-state index < -0.39 is 0 Å². The van der Waals surface area contributed by atoms with Crippen LogP contribution in [0.1, 0.15) is 74.5 Å². The number of hydrogen-bond acceptors (Lipinski definition) is 4. The number of nitrogens with one attached hydrogen (secondary N) is 2. The third kappa shape index (κ3) is 3.67. The SMILES string of the molecule is CCC(=O)N[C@@H]1c2ccccc2C2(CCN(Cc3cc(C(C)C)n[nH]3)CC2)[C@H]1OC. The van der Waals surface area contributed by atoms with Crippen LogP contribution in [-0.4, -0.2) is 47.3 Å². The summed E-state index contributed by atoms with van der Waals surface area (Å²) >= 11 is 0. The molecule has 1 fully saturated rings. The van der Waals surface area contributed by atoms with Crippen LogP contribution in [0.4, 0.5) is 0 Å². The van der Waals surface area contributed by atoms with Gasteiger partial charge in [-0.25, -0.2) is 0 Å². The van der Waals surface area contributed by atoms with Gasteiger partial charge < -0.3 is 10.1 Å². The first-order chi connectivity index (χ1) is 14.5. The molecule has 0 bridgehead atoms. The molecule has 4 rings (SSSR count). The van der Waals surface area contributed by atoms with Gasteiger partial charge in [0.25, 0.3) is 0 Å². The largest absolute Gasteiger partial charge is 0.378 e. The van der Waals surface area contributed by atoms with Gasteiger partial charge in [-0.2, -0.15) is 5.10 Å². The molecular weight excluding hydrogens is 376 g/mol. The molecule has 6 heteroatoms. The lowest BCUT2D eigenvalue weighted by Crippen LogP contribution is -2.50. The molecule has 2 aliphatic rings. The molecule has 2 atom stereocenters. The molecule has 162 valence electrons. The lowest BCUT2D eigenvalue weighted by Gasteiger charge is -2.44. The van der Waals surface area contributed by atoms with Crippen molar-refractivity contribution >= 4 is 5.91 Å². The Bertz CT molecular complexity index is 883. The number of fused-ring (bicyclic) bond motifs is 2. The van der Waals surface area contributed by atoms with Crippen LogP contribution in [0.3, 0.4) is 0 Å². The molecule has 0 radical (unpaired) electrons. The standard InChI is InChI=1S/C24H34N4O2/c1-5-21(29)25-22-18-8-6-7-9-19(18)24(23(22)30-4)10-12-28(13-11-24)15-17-14-20(16(2)3)27-26-17/h6-9,14,16,22-23H,5,10-13,15H2,1-4H3,(H,25,29)(H,26,27)/t22-,23+/m1/s1. The molecular formula is C24H34N4O2. The Morgan fingerprint density at radius 3 is 2.70 bits per heavy atom. The molecule has 0 unspecified atom stereocenters. The molecule has 1 amide bonds. The molecule has 2 aromatic rings. The number of H-pyrrole nitrogens is 1. The zero-order chi connectivity index (χ0) is 21.3. The maximum Gasteiger partial charge on any atom is 0.220 e. The van der Waals surface area contributed by atoms with E-state index in [-0.39, 0.29) is 23.5 Å². The Morgan fingerprint density at radius 1 is 1.33 bits per heavy atom. The smallest absolute Gasteiger partial charge is 0.220 e. The Balaban J connectivity index is 1.53. The monoisotopic (exact) mass is 410 g/mol. The van der Waals surface area contributed by atoms with E-state index in [4.69, 9.17) is 4.74 Å². The van der Waals surface area contributed by atoms with Crippen LogP contribution >= 0.6 is 0 Å². The molecule has 1 spiro atoms. The first-order valence-corrected chi connectivity index (χ1v) is 11.2. The number of likely N-dealkylation sites (tertiary alicyclic amines) is 1. The average Bonchev–Trinajstić information content (AvgIpc) is 3.32. The summed E-state index contributed by atoms with van der Waals surface area (Å²) in [6.45, 7) is 9.12. The maximum absolute atomic E-state index is 12.2. The fourth-order valence-corrected chi connectivity index (χ4v) is 5.31. The number of hydrogen-bond donors (Lipinski definition) is 2. The van der Waals surface area contributed by atoms with Crippen molar-refractivity contribution in [3.8, 4) is 0 Å². The molecule has 1 aromatic carbocycles. The predicted molar refractivity (Wildman–Crippen MR) is 117 cm³/mol. The van der Waals surface area contributed by atoms with Crippen LogP contribution in [0.5, 0.6) is 0 Å². The van der Waals surface area contributed by atoms with Crippen molar-refractivity contribution in [2.45, 2.75) is 70.1 Å². The van der Waals surface area contributed by atoms with E-state index in [0.717, 1.165) is 38.2 Å². The molecule has 1 aromatic heterocycles. The number of methoxy groups -OCH3 is 1. The fraction of sp³-hybridized carbons (Fsp3) is 0.583. The van der Waals surface area contributed by atoms with E-state index in [9.17, 15) is 4.79 Å². The molecule has 0 saturated carbocycles. The van der Waals surface area contributed by atoms with Crippen molar-refractivity contribution in [1.29, 1.82) is 0 Å². The van der Waals surface area contributed by atoms with Crippen LogP contribution in [0.2, 0.25) is 0 Å². The number of piperidine rings is 1. The summed E-state index contributed by atoms with van der Waals surface area (Å²) in [5.41, 5.74) is 4.82. The minimum Gasteiger partial charge on any atom is -0.378 e. The Hall–Kier alpha value is -2.18. The summed E-state index contributed by atoms with van der Waals surface area (Å²) in [6.07, 6.45) is 2.49. The summed E-state index contributed by atoms with van der Waals surface area (Å²) < 4.78 is 6.08. The van der Waals surface area contributed by atoms with Crippen molar-refractivity contribution in [1.82, 2.24) is 20.4 Å². The van der Waals surface area contributed by atoms with Gasteiger partial charge in [0.15, 0.2) is 0 Å². The summed E-state index contributed by atoms with van der Waals surface area (Å²) in [7, 11) is 1.79. The van der Waals surface area contributed by atoms with Crippen molar-refractivity contribution in [3.63, 3.8) is 0 Å².